The molecule has 0 radical (unpaired) electrons. The Morgan fingerprint density at radius 1 is 1.22 bits per heavy atom. The van der Waals surface area contributed by atoms with Crippen LogP contribution in [0, 0.1) is 12.8 Å². The van der Waals surface area contributed by atoms with Crippen molar-refractivity contribution in [3.05, 3.63) is 42.5 Å². The van der Waals surface area contributed by atoms with E-state index in [4.69, 9.17) is 0 Å². The molecule has 4 rings (SSSR count). The molecule has 2 aromatic heterocycles. The maximum atomic E-state index is 4.62. The second-order valence-electron chi connectivity index (χ2n) is 7.87. The van der Waals surface area contributed by atoms with Gasteiger partial charge >= 0.3 is 0 Å². The molecular weight excluding hydrogens is 334 g/mol. The van der Waals surface area contributed by atoms with Gasteiger partial charge in [-0.1, -0.05) is 12.1 Å². The summed E-state index contributed by atoms with van der Waals surface area (Å²) < 4.78 is 2.13. The lowest BCUT2D eigenvalue weighted by Gasteiger charge is -2.26. The number of aryl methyl sites for hydroxylation is 1. The molecule has 0 aliphatic carbocycles. The van der Waals surface area contributed by atoms with Crippen molar-refractivity contribution in [3.8, 4) is 11.3 Å². The van der Waals surface area contributed by atoms with Crippen LogP contribution in [0.2, 0.25) is 0 Å². The van der Waals surface area contributed by atoms with Crippen LogP contribution >= 0.6 is 0 Å². The van der Waals surface area contributed by atoms with Crippen molar-refractivity contribution < 1.29 is 0 Å². The van der Waals surface area contributed by atoms with Gasteiger partial charge in [-0.15, -0.1) is 0 Å². The number of piperidine rings is 1. The van der Waals surface area contributed by atoms with Crippen molar-refractivity contribution in [3.63, 3.8) is 0 Å². The quantitative estimate of drug-likeness (QED) is 0.715. The number of benzene rings is 1. The normalized spacial score (nSPS) is 18.6. The molecule has 2 atom stereocenters. The van der Waals surface area contributed by atoms with E-state index in [0.717, 1.165) is 35.2 Å². The Hall–Kier alpha value is -2.40. The molecule has 27 heavy (non-hydrogen) atoms. The molecule has 1 aliphatic heterocycles. The number of nitrogens with one attached hydrogen (secondary N) is 2. The Bertz CT molecular complexity index is 924. The number of aromatic nitrogens is 3. The lowest BCUT2D eigenvalue weighted by molar-refractivity contribution is 0.346. The minimum atomic E-state index is 0.419. The molecule has 2 N–H and O–H groups in total. The van der Waals surface area contributed by atoms with Crippen LogP contribution in [0.4, 0.5) is 5.82 Å². The van der Waals surface area contributed by atoms with Crippen molar-refractivity contribution in [2.24, 2.45) is 13.0 Å². The van der Waals surface area contributed by atoms with Crippen LogP contribution in [0.5, 0.6) is 0 Å². The molecule has 0 bridgehead atoms. The number of anilines is 1. The fraction of sp³-hybridized carbons (Fsp3) is 0.455. The maximum Gasteiger partial charge on any atom is 0.126 e. The first-order chi connectivity index (χ1) is 13.1. The van der Waals surface area contributed by atoms with Gasteiger partial charge < -0.3 is 15.2 Å². The van der Waals surface area contributed by atoms with E-state index in [1.165, 1.54) is 36.8 Å². The molecule has 3 aromatic rings. The zero-order valence-electron chi connectivity index (χ0n) is 16.5. The van der Waals surface area contributed by atoms with Crippen molar-refractivity contribution in [1.82, 2.24) is 19.9 Å². The fourth-order valence-electron chi connectivity index (χ4n) is 4.09. The van der Waals surface area contributed by atoms with E-state index in [1.54, 1.807) is 0 Å². The van der Waals surface area contributed by atoms with Crippen molar-refractivity contribution >= 4 is 16.6 Å². The molecule has 2 unspecified atom stereocenters. The van der Waals surface area contributed by atoms with Crippen molar-refractivity contribution in [2.45, 2.75) is 39.2 Å². The average Bonchev–Trinajstić information content (AvgIpc) is 3.01. The molecule has 0 spiro atoms. The molecule has 5 nitrogen and oxygen atoms in total. The molecule has 5 heteroatoms. The van der Waals surface area contributed by atoms with E-state index in [1.807, 2.05) is 19.3 Å². The first-order valence-corrected chi connectivity index (χ1v) is 9.96. The number of hydrogen-bond acceptors (Lipinski definition) is 4. The molecule has 0 amide bonds. The number of pyridine rings is 1. The van der Waals surface area contributed by atoms with Gasteiger partial charge in [0.05, 0.1) is 11.9 Å². The van der Waals surface area contributed by atoms with E-state index in [9.17, 15) is 0 Å². The van der Waals surface area contributed by atoms with E-state index in [0.29, 0.717) is 6.04 Å². The Labute approximate surface area is 161 Å². The van der Waals surface area contributed by atoms with Gasteiger partial charge in [-0.3, -0.25) is 0 Å². The minimum absolute atomic E-state index is 0.419. The molecular formula is C22H29N5. The Balaban J connectivity index is 1.53. The highest BCUT2D eigenvalue weighted by atomic mass is 15.0. The third kappa shape index (κ3) is 3.98. The fourth-order valence-corrected chi connectivity index (χ4v) is 4.09. The first kappa shape index (κ1) is 18.0. The molecule has 3 heterocycles. The third-order valence-corrected chi connectivity index (χ3v) is 5.72. The van der Waals surface area contributed by atoms with E-state index in [2.05, 4.69) is 63.4 Å². The molecule has 0 saturated carbocycles. The van der Waals surface area contributed by atoms with Crippen LogP contribution in [-0.2, 0) is 7.05 Å². The van der Waals surface area contributed by atoms with Crippen LogP contribution in [0.3, 0.4) is 0 Å². The molecule has 1 saturated heterocycles. The summed E-state index contributed by atoms with van der Waals surface area (Å²) in [5, 5.41) is 9.47. The summed E-state index contributed by atoms with van der Waals surface area (Å²) in [6, 6.07) is 9.10. The van der Waals surface area contributed by atoms with Gasteiger partial charge in [0.1, 0.15) is 11.6 Å². The predicted octanol–water partition coefficient (Wildman–Crippen LogP) is 4.13. The van der Waals surface area contributed by atoms with Gasteiger partial charge in [0.2, 0.25) is 0 Å². The maximum absolute atomic E-state index is 4.62. The smallest absolute Gasteiger partial charge is 0.126 e. The predicted molar refractivity (Wildman–Crippen MR) is 112 cm³/mol. The zero-order valence-corrected chi connectivity index (χ0v) is 16.5. The molecule has 142 valence electrons. The van der Waals surface area contributed by atoms with Crippen molar-refractivity contribution in [2.75, 3.05) is 18.4 Å². The summed E-state index contributed by atoms with van der Waals surface area (Å²) in [6.45, 7) is 6.60. The third-order valence-electron chi connectivity index (χ3n) is 5.72. The topological polar surface area (TPSA) is 54.8 Å². The minimum Gasteiger partial charge on any atom is -0.368 e. The summed E-state index contributed by atoms with van der Waals surface area (Å²) >= 11 is 0. The SMILES string of the molecule is Cc1ncc(-c2ccc3cnc(NC(C)CC4CCCNC4)cc3c2)n1C. The Kier molecular flexibility index (Phi) is 5.12. The highest BCUT2D eigenvalue weighted by molar-refractivity contribution is 5.88. The standard InChI is InChI=1S/C22H29N5/c1-15(9-17-5-4-8-23-12-17)26-22-11-20-10-18(6-7-19(20)13-25-22)21-14-24-16(2)27(21)3/h6-7,10-11,13-15,17,23H,4-5,8-9,12H2,1-3H3,(H,25,26). The number of hydrogen-bond donors (Lipinski definition) is 2. The van der Waals surface area contributed by atoms with E-state index < -0.39 is 0 Å². The summed E-state index contributed by atoms with van der Waals surface area (Å²) in [4.78, 5) is 9.04. The van der Waals surface area contributed by atoms with Gasteiger partial charge in [0.25, 0.3) is 0 Å². The van der Waals surface area contributed by atoms with E-state index in [-0.39, 0.29) is 0 Å². The van der Waals surface area contributed by atoms with Crippen LogP contribution < -0.4 is 10.6 Å². The summed E-state index contributed by atoms with van der Waals surface area (Å²) in [5.74, 6) is 2.74. The average molecular weight is 364 g/mol. The van der Waals surface area contributed by atoms with Gasteiger partial charge in [0.15, 0.2) is 0 Å². The second kappa shape index (κ2) is 7.69. The highest BCUT2D eigenvalue weighted by Crippen LogP contribution is 2.26. The summed E-state index contributed by atoms with van der Waals surface area (Å²) in [6.07, 6.45) is 7.71. The first-order valence-electron chi connectivity index (χ1n) is 9.96. The lowest BCUT2D eigenvalue weighted by atomic mass is 9.93. The Morgan fingerprint density at radius 2 is 2.11 bits per heavy atom. The zero-order chi connectivity index (χ0) is 18.8. The van der Waals surface area contributed by atoms with Crippen LogP contribution in [0.25, 0.3) is 22.0 Å². The van der Waals surface area contributed by atoms with E-state index >= 15 is 0 Å². The summed E-state index contributed by atoms with van der Waals surface area (Å²) in [7, 11) is 2.06. The second-order valence-corrected chi connectivity index (χ2v) is 7.87. The lowest BCUT2D eigenvalue weighted by Crippen LogP contribution is -2.33. The highest BCUT2D eigenvalue weighted by Gasteiger charge is 2.16. The number of rotatable bonds is 5. The van der Waals surface area contributed by atoms with Gasteiger partial charge in [-0.2, -0.15) is 0 Å². The van der Waals surface area contributed by atoms with Gasteiger partial charge in [0, 0.05) is 30.2 Å². The van der Waals surface area contributed by atoms with Gasteiger partial charge in [-0.25, -0.2) is 9.97 Å². The number of nitrogens with zero attached hydrogens (tertiary/aromatic N) is 3. The van der Waals surface area contributed by atoms with Crippen LogP contribution in [-0.4, -0.2) is 33.7 Å². The number of fused-ring (bicyclic) bond motifs is 1. The molecule has 1 fully saturated rings. The van der Waals surface area contributed by atoms with Gasteiger partial charge in [-0.05, 0) is 69.6 Å². The van der Waals surface area contributed by atoms with Crippen LogP contribution in [0.15, 0.2) is 36.7 Å². The monoisotopic (exact) mass is 363 g/mol. The number of imidazole rings is 1. The van der Waals surface area contributed by atoms with Crippen molar-refractivity contribution in [1.29, 1.82) is 0 Å². The largest absolute Gasteiger partial charge is 0.368 e. The molecule has 1 aliphatic rings. The van der Waals surface area contributed by atoms with Crippen LogP contribution in [0.1, 0.15) is 32.0 Å². The molecule has 1 aromatic carbocycles. The Morgan fingerprint density at radius 3 is 2.85 bits per heavy atom. The summed E-state index contributed by atoms with van der Waals surface area (Å²) in [5.41, 5.74) is 2.32.